The fourth-order valence-electron chi connectivity index (χ4n) is 3.30. The third-order valence-corrected chi connectivity index (χ3v) is 4.54. The standard InChI is InChI=1S/C19H21FN4/c20-16-7-2-1-6-15(16)14-24-18-9-4-3-8-17(18)22-19(24)23-12-5-10-21-11-13-23/h1-4,6-9,21H,5,10-14H2. The Balaban J connectivity index is 1.79. The maximum absolute atomic E-state index is 14.2. The van der Waals surface area contributed by atoms with Crippen molar-refractivity contribution in [3.8, 4) is 0 Å². The molecule has 0 radical (unpaired) electrons. The van der Waals surface area contributed by atoms with E-state index < -0.39 is 0 Å². The van der Waals surface area contributed by atoms with Crippen molar-refractivity contribution in [2.24, 2.45) is 0 Å². The van der Waals surface area contributed by atoms with Crippen molar-refractivity contribution >= 4 is 17.0 Å². The van der Waals surface area contributed by atoms with Gasteiger partial charge in [0.05, 0.1) is 17.6 Å². The quantitative estimate of drug-likeness (QED) is 0.804. The number of anilines is 1. The number of aromatic nitrogens is 2. The molecular weight excluding hydrogens is 303 g/mol. The Labute approximate surface area is 140 Å². The highest BCUT2D eigenvalue weighted by molar-refractivity contribution is 5.79. The van der Waals surface area contributed by atoms with Gasteiger partial charge in [-0.2, -0.15) is 0 Å². The number of halogens is 1. The minimum absolute atomic E-state index is 0.168. The molecule has 124 valence electrons. The zero-order chi connectivity index (χ0) is 16.4. The molecule has 1 fully saturated rings. The van der Waals surface area contributed by atoms with E-state index in [-0.39, 0.29) is 5.82 Å². The van der Waals surface area contributed by atoms with Crippen LogP contribution in [-0.2, 0) is 6.54 Å². The van der Waals surface area contributed by atoms with Crippen LogP contribution in [-0.4, -0.2) is 35.7 Å². The lowest BCUT2D eigenvalue weighted by molar-refractivity contribution is 0.599. The maximum atomic E-state index is 14.2. The molecule has 4 rings (SSSR count). The first-order chi connectivity index (χ1) is 11.8. The van der Waals surface area contributed by atoms with Gasteiger partial charge >= 0.3 is 0 Å². The third kappa shape index (κ3) is 2.87. The van der Waals surface area contributed by atoms with Gasteiger partial charge in [-0.1, -0.05) is 30.3 Å². The molecule has 5 heteroatoms. The Morgan fingerprint density at radius 2 is 1.83 bits per heavy atom. The molecule has 1 aromatic heterocycles. The zero-order valence-electron chi connectivity index (χ0n) is 13.6. The van der Waals surface area contributed by atoms with Gasteiger partial charge in [-0.05, 0) is 31.2 Å². The molecule has 0 spiro atoms. The highest BCUT2D eigenvalue weighted by Crippen LogP contribution is 2.25. The van der Waals surface area contributed by atoms with E-state index in [9.17, 15) is 4.39 Å². The van der Waals surface area contributed by atoms with Crippen molar-refractivity contribution in [3.63, 3.8) is 0 Å². The Morgan fingerprint density at radius 1 is 1.00 bits per heavy atom. The zero-order valence-corrected chi connectivity index (χ0v) is 13.6. The van der Waals surface area contributed by atoms with Gasteiger partial charge in [0, 0.05) is 25.2 Å². The lowest BCUT2D eigenvalue weighted by Gasteiger charge is -2.22. The molecule has 1 aliphatic heterocycles. The highest BCUT2D eigenvalue weighted by atomic mass is 19.1. The molecule has 0 bridgehead atoms. The molecule has 0 aliphatic carbocycles. The van der Waals surface area contributed by atoms with Gasteiger partial charge in [0.2, 0.25) is 5.95 Å². The molecule has 4 nitrogen and oxygen atoms in total. The van der Waals surface area contributed by atoms with E-state index in [1.165, 1.54) is 6.07 Å². The topological polar surface area (TPSA) is 33.1 Å². The average Bonchev–Trinajstić information content (AvgIpc) is 2.78. The summed E-state index contributed by atoms with van der Waals surface area (Å²) in [7, 11) is 0. The summed E-state index contributed by atoms with van der Waals surface area (Å²) in [5, 5.41) is 3.42. The van der Waals surface area contributed by atoms with Gasteiger partial charge in [-0.15, -0.1) is 0 Å². The molecule has 1 aliphatic rings. The van der Waals surface area contributed by atoms with Gasteiger partial charge in [-0.25, -0.2) is 9.37 Å². The molecule has 0 amide bonds. The first-order valence-electron chi connectivity index (χ1n) is 8.47. The molecule has 24 heavy (non-hydrogen) atoms. The Bertz CT molecular complexity index is 834. The summed E-state index contributed by atoms with van der Waals surface area (Å²) in [5.41, 5.74) is 2.70. The number of hydrogen-bond donors (Lipinski definition) is 1. The van der Waals surface area contributed by atoms with Crippen molar-refractivity contribution < 1.29 is 4.39 Å². The molecule has 1 saturated heterocycles. The second kappa shape index (κ2) is 6.61. The molecule has 0 atom stereocenters. The Morgan fingerprint density at radius 3 is 2.75 bits per heavy atom. The molecular formula is C19H21FN4. The van der Waals surface area contributed by atoms with Crippen LogP contribution in [0.5, 0.6) is 0 Å². The van der Waals surface area contributed by atoms with E-state index in [0.717, 1.165) is 49.6 Å². The summed E-state index contributed by atoms with van der Waals surface area (Å²) < 4.78 is 16.3. The van der Waals surface area contributed by atoms with Crippen molar-refractivity contribution in [2.45, 2.75) is 13.0 Å². The first kappa shape index (κ1) is 15.1. The number of imidazole rings is 1. The number of benzene rings is 2. The van der Waals surface area contributed by atoms with Crippen molar-refractivity contribution in [1.29, 1.82) is 0 Å². The number of rotatable bonds is 3. The first-order valence-corrected chi connectivity index (χ1v) is 8.47. The van der Waals surface area contributed by atoms with Crippen molar-refractivity contribution in [2.75, 3.05) is 31.1 Å². The van der Waals surface area contributed by atoms with Crippen molar-refractivity contribution in [3.05, 3.63) is 59.9 Å². The predicted octanol–water partition coefficient (Wildman–Crippen LogP) is 3.02. The third-order valence-electron chi connectivity index (χ3n) is 4.54. The van der Waals surface area contributed by atoms with Crippen molar-refractivity contribution in [1.82, 2.24) is 14.9 Å². The van der Waals surface area contributed by atoms with Crippen LogP contribution in [0.1, 0.15) is 12.0 Å². The van der Waals surface area contributed by atoms with Gasteiger partial charge in [0.15, 0.2) is 0 Å². The molecule has 1 N–H and O–H groups in total. The fraction of sp³-hybridized carbons (Fsp3) is 0.316. The number of para-hydroxylation sites is 2. The van der Waals surface area contributed by atoms with Crippen LogP contribution in [0.2, 0.25) is 0 Å². The number of nitrogens with zero attached hydrogens (tertiary/aromatic N) is 3. The van der Waals surface area contributed by atoms with Gasteiger partial charge in [-0.3, -0.25) is 0 Å². The van der Waals surface area contributed by atoms with Crippen LogP contribution in [0.3, 0.4) is 0 Å². The maximum Gasteiger partial charge on any atom is 0.206 e. The van der Waals surface area contributed by atoms with Gasteiger partial charge < -0.3 is 14.8 Å². The van der Waals surface area contributed by atoms with Crippen LogP contribution in [0.25, 0.3) is 11.0 Å². The SMILES string of the molecule is Fc1ccccc1Cn1c(N2CCCNCC2)nc2ccccc21. The molecule has 2 heterocycles. The summed E-state index contributed by atoms with van der Waals surface area (Å²) in [6, 6.07) is 15.1. The van der Waals surface area contributed by atoms with Gasteiger partial charge in [0.25, 0.3) is 0 Å². The lowest BCUT2D eigenvalue weighted by Crippen LogP contribution is -2.30. The van der Waals surface area contributed by atoms with Gasteiger partial charge in [0.1, 0.15) is 5.82 Å². The predicted molar refractivity (Wildman–Crippen MR) is 94.9 cm³/mol. The number of fused-ring (bicyclic) bond motifs is 1. The van der Waals surface area contributed by atoms with E-state index in [1.54, 1.807) is 6.07 Å². The van der Waals surface area contributed by atoms with E-state index >= 15 is 0 Å². The second-order valence-electron chi connectivity index (χ2n) is 6.17. The van der Waals surface area contributed by atoms with Crippen LogP contribution in [0.4, 0.5) is 10.3 Å². The number of hydrogen-bond acceptors (Lipinski definition) is 3. The fourth-order valence-corrected chi connectivity index (χ4v) is 3.30. The van der Waals surface area contributed by atoms with Crippen LogP contribution in [0.15, 0.2) is 48.5 Å². The molecule has 0 saturated carbocycles. The van der Waals surface area contributed by atoms with E-state index in [0.29, 0.717) is 12.1 Å². The number of nitrogens with one attached hydrogen (secondary N) is 1. The van der Waals surface area contributed by atoms with E-state index in [4.69, 9.17) is 4.98 Å². The summed E-state index contributed by atoms with van der Waals surface area (Å²) >= 11 is 0. The molecule has 3 aromatic rings. The Kier molecular flexibility index (Phi) is 4.17. The summed E-state index contributed by atoms with van der Waals surface area (Å²) in [6.07, 6.45) is 1.09. The van der Waals surface area contributed by atoms with Crippen LogP contribution >= 0.6 is 0 Å². The second-order valence-corrected chi connectivity index (χ2v) is 6.17. The summed E-state index contributed by atoms with van der Waals surface area (Å²) in [4.78, 5) is 7.15. The minimum atomic E-state index is -0.168. The normalized spacial score (nSPS) is 15.6. The van der Waals surface area contributed by atoms with Crippen LogP contribution < -0.4 is 10.2 Å². The van der Waals surface area contributed by atoms with E-state index in [2.05, 4.69) is 20.9 Å². The Hall–Kier alpha value is -2.40. The summed E-state index contributed by atoms with van der Waals surface area (Å²) in [5.74, 6) is 0.766. The lowest BCUT2D eigenvalue weighted by atomic mass is 10.2. The largest absolute Gasteiger partial charge is 0.341 e. The highest BCUT2D eigenvalue weighted by Gasteiger charge is 2.19. The smallest absolute Gasteiger partial charge is 0.206 e. The van der Waals surface area contributed by atoms with Crippen LogP contribution in [0, 0.1) is 5.82 Å². The molecule has 0 unspecified atom stereocenters. The van der Waals surface area contributed by atoms with E-state index in [1.807, 2.05) is 30.3 Å². The monoisotopic (exact) mass is 324 g/mol. The summed E-state index contributed by atoms with van der Waals surface area (Å²) in [6.45, 7) is 4.35. The minimum Gasteiger partial charge on any atom is -0.341 e. The molecule has 2 aromatic carbocycles. The average molecular weight is 324 g/mol.